The van der Waals surface area contributed by atoms with Gasteiger partial charge in [-0.05, 0) is 42.7 Å². The Labute approximate surface area is 159 Å². The molecule has 2 rings (SSSR count). The highest BCUT2D eigenvalue weighted by Crippen LogP contribution is 2.24. The largest absolute Gasteiger partial charge is 0.454 e. The van der Waals surface area contributed by atoms with Crippen LogP contribution in [-0.4, -0.2) is 19.0 Å². The van der Waals surface area contributed by atoms with Gasteiger partial charge in [0, 0.05) is 13.1 Å². The summed E-state index contributed by atoms with van der Waals surface area (Å²) in [5.41, 5.74) is 6.58. The summed E-state index contributed by atoms with van der Waals surface area (Å²) in [6, 6.07) is 14.1. The van der Waals surface area contributed by atoms with Gasteiger partial charge < -0.3 is 15.8 Å². The fourth-order valence-electron chi connectivity index (χ4n) is 2.02. The zero-order valence-corrected chi connectivity index (χ0v) is 16.0. The van der Waals surface area contributed by atoms with Gasteiger partial charge in [0.25, 0.3) is 0 Å². The first-order chi connectivity index (χ1) is 11.2. The van der Waals surface area contributed by atoms with Crippen molar-refractivity contribution in [3.05, 3.63) is 59.9 Å². The second-order valence-electron chi connectivity index (χ2n) is 5.12. The summed E-state index contributed by atoms with van der Waals surface area (Å²) < 4.78 is 19.6. The van der Waals surface area contributed by atoms with E-state index in [1.807, 2.05) is 31.2 Å². The summed E-state index contributed by atoms with van der Waals surface area (Å²) in [7, 11) is 0. The second-order valence-corrected chi connectivity index (χ2v) is 5.12. The predicted octanol–water partition coefficient (Wildman–Crippen LogP) is 4.09. The van der Waals surface area contributed by atoms with Crippen molar-refractivity contribution in [1.29, 1.82) is 0 Å². The van der Waals surface area contributed by atoms with Gasteiger partial charge in [0.15, 0.2) is 17.5 Å². The third-order valence-corrected chi connectivity index (χ3v) is 3.19. The van der Waals surface area contributed by atoms with Crippen LogP contribution >= 0.6 is 24.0 Å². The Morgan fingerprint density at radius 3 is 2.62 bits per heavy atom. The molecule has 24 heavy (non-hydrogen) atoms. The number of rotatable bonds is 7. The molecule has 2 aromatic carbocycles. The number of nitrogens with zero attached hydrogens (tertiary/aromatic N) is 1. The Bertz CT molecular complexity index is 650. The smallest absolute Gasteiger partial charge is 0.188 e. The molecule has 0 aliphatic heterocycles. The first-order valence-electron chi connectivity index (χ1n) is 7.74. The van der Waals surface area contributed by atoms with E-state index in [1.165, 1.54) is 6.07 Å². The molecule has 0 fully saturated rings. The summed E-state index contributed by atoms with van der Waals surface area (Å²) in [6.45, 7) is 3.36. The Morgan fingerprint density at radius 1 is 1.21 bits per heavy atom. The van der Waals surface area contributed by atoms with E-state index in [-0.39, 0.29) is 35.5 Å². The van der Waals surface area contributed by atoms with Crippen molar-refractivity contribution < 1.29 is 9.13 Å². The van der Waals surface area contributed by atoms with E-state index in [1.54, 1.807) is 18.2 Å². The van der Waals surface area contributed by atoms with Gasteiger partial charge in [-0.3, -0.25) is 4.99 Å². The van der Waals surface area contributed by atoms with Crippen LogP contribution in [0.3, 0.4) is 0 Å². The summed E-state index contributed by atoms with van der Waals surface area (Å²) >= 11 is 0. The zero-order valence-electron chi connectivity index (χ0n) is 13.7. The number of ether oxygens (including phenoxy) is 1. The highest BCUT2D eigenvalue weighted by molar-refractivity contribution is 14.0. The topological polar surface area (TPSA) is 59.6 Å². The van der Waals surface area contributed by atoms with Crippen LogP contribution in [0, 0.1) is 5.82 Å². The fourth-order valence-corrected chi connectivity index (χ4v) is 2.02. The van der Waals surface area contributed by atoms with Crippen molar-refractivity contribution in [2.45, 2.75) is 19.8 Å². The molecule has 130 valence electrons. The number of hydrogen-bond acceptors (Lipinski definition) is 2. The molecule has 0 aliphatic rings. The van der Waals surface area contributed by atoms with E-state index >= 15 is 0 Å². The molecule has 6 heteroatoms. The van der Waals surface area contributed by atoms with Gasteiger partial charge in [-0.25, -0.2) is 4.39 Å². The molecular formula is C18H23FIN3O. The molecule has 0 aromatic heterocycles. The molecule has 0 saturated carbocycles. The normalized spacial score (nSPS) is 10.8. The second kappa shape index (κ2) is 10.9. The molecule has 0 aliphatic carbocycles. The number of benzene rings is 2. The first-order valence-corrected chi connectivity index (χ1v) is 7.74. The molecule has 3 N–H and O–H groups in total. The van der Waals surface area contributed by atoms with E-state index in [0.717, 1.165) is 12.0 Å². The predicted molar refractivity (Wildman–Crippen MR) is 107 cm³/mol. The van der Waals surface area contributed by atoms with Crippen molar-refractivity contribution >= 4 is 29.9 Å². The minimum Gasteiger partial charge on any atom is -0.454 e. The molecule has 0 atom stereocenters. The average Bonchev–Trinajstić information content (AvgIpc) is 2.56. The van der Waals surface area contributed by atoms with E-state index in [0.29, 0.717) is 31.2 Å². The lowest BCUT2D eigenvalue weighted by atomic mass is 10.1. The van der Waals surface area contributed by atoms with Gasteiger partial charge in [0.2, 0.25) is 0 Å². The zero-order chi connectivity index (χ0) is 16.5. The maximum absolute atomic E-state index is 14.1. The molecule has 0 radical (unpaired) electrons. The van der Waals surface area contributed by atoms with Crippen LogP contribution < -0.4 is 15.8 Å². The molecule has 0 amide bonds. The standard InChI is InChI=1S/C18H22FN3O.HI/c1-2-11-21-18(20)22-12-10-14-8-9-17(16(19)13-14)23-15-6-4-3-5-7-15;/h3-9,13H,2,10-12H2,1H3,(H3,20,21,22);1H. The Morgan fingerprint density at radius 2 is 1.96 bits per heavy atom. The number of aliphatic imine (C=N–C) groups is 1. The van der Waals surface area contributed by atoms with Crippen LogP contribution in [-0.2, 0) is 6.42 Å². The van der Waals surface area contributed by atoms with Crippen molar-refractivity contribution in [1.82, 2.24) is 5.32 Å². The van der Waals surface area contributed by atoms with E-state index < -0.39 is 0 Å². The molecule has 0 spiro atoms. The lowest BCUT2D eigenvalue weighted by Crippen LogP contribution is -2.33. The number of para-hydroxylation sites is 1. The number of nitrogens with two attached hydrogens (primary N) is 1. The van der Waals surface area contributed by atoms with Gasteiger partial charge in [-0.1, -0.05) is 31.2 Å². The third kappa shape index (κ3) is 6.74. The summed E-state index contributed by atoms with van der Waals surface area (Å²) in [5, 5.41) is 3.01. The lowest BCUT2D eigenvalue weighted by molar-refractivity contribution is 0.441. The quantitative estimate of drug-likeness (QED) is 0.385. The van der Waals surface area contributed by atoms with Gasteiger partial charge in [0.1, 0.15) is 5.75 Å². The van der Waals surface area contributed by atoms with Crippen molar-refractivity contribution in [3.8, 4) is 11.5 Å². The highest BCUT2D eigenvalue weighted by atomic mass is 127. The van der Waals surface area contributed by atoms with Crippen molar-refractivity contribution in [2.75, 3.05) is 13.1 Å². The summed E-state index contributed by atoms with van der Waals surface area (Å²) in [4.78, 5) is 4.14. The van der Waals surface area contributed by atoms with Gasteiger partial charge >= 0.3 is 0 Å². The van der Waals surface area contributed by atoms with Gasteiger partial charge in [0.05, 0.1) is 0 Å². The minimum atomic E-state index is -0.376. The first kappa shape index (κ1) is 20.2. The molecule has 4 nitrogen and oxygen atoms in total. The van der Waals surface area contributed by atoms with Crippen LogP contribution in [0.1, 0.15) is 18.9 Å². The Kier molecular flexibility index (Phi) is 9.14. The van der Waals surface area contributed by atoms with Gasteiger partial charge in [-0.15, -0.1) is 24.0 Å². The Hall–Kier alpha value is -1.83. The average molecular weight is 443 g/mol. The number of nitrogens with one attached hydrogen (secondary N) is 1. The molecule has 0 heterocycles. The highest BCUT2D eigenvalue weighted by Gasteiger charge is 2.06. The molecule has 0 saturated heterocycles. The SMILES string of the molecule is CCCN=C(N)NCCc1ccc(Oc2ccccc2)c(F)c1.I. The van der Waals surface area contributed by atoms with Crippen molar-refractivity contribution in [3.63, 3.8) is 0 Å². The van der Waals surface area contributed by atoms with Crippen LogP contribution in [0.5, 0.6) is 11.5 Å². The van der Waals surface area contributed by atoms with Crippen LogP contribution in [0.4, 0.5) is 4.39 Å². The van der Waals surface area contributed by atoms with Crippen LogP contribution in [0.25, 0.3) is 0 Å². The molecule has 0 bridgehead atoms. The minimum absolute atomic E-state index is 0. The van der Waals surface area contributed by atoms with E-state index in [2.05, 4.69) is 10.3 Å². The maximum Gasteiger partial charge on any atom is 0.188 e. The molecule has 0 unspecified atom stereocenters. The van der Waals surface area contributed by atoms with E-state index in [4.69, 9.17) is 10.5 Å². The van der Waals surface area contributed by atoms with Crippen LogP contribution in [0.2, 0.25) is 0 Å². The maximum atomic E-state index is 14.1. The Balaban J connectivity index is 0.00000288. The van der Waals surface area contributed by atoms with E-state index in [9.17, 15) is 4.39 Å². The number of hydrogen-bond donors (Lipinski definition) is 2. The third-order valence-electron chi connectivity index (χ3n) is 3.19. The fraction of sp³-hybridized carbons (Fsp3) is 0.278. The van der Waals surface area contributed by atoms with Crippen molar-refractivity contribution in [2.24, 2.45) is 10.7 Å². The molecule has 2 aromatic rings. The summed E-state index contributed by atoms with van der Waals surface area (Å²) in [6.07, 6.45) is 1.61. The lowest BCUT2D eigenvalue weighted by Gasteiger charge is -2.09. The number of guanidine groups is 1. The number of halogens is 2. The summed E-state index contributed by atoms with van der Waals surface area (Å²) in [5.74, 6) is 0.882. The molecular weight excluding hydrogens is 420 g/mol. The monoisotopic (exact) mass is 443 g/mol. The van der Waals surface area contributed by atoms with Gasteiger partial charge in [-0.2, -0.15) is 0 Å². The van der Waals surface area contributed by atoms with Crippen LogP contribution in [0.15, 0.2) is 53.5 Å².